The van der Waals surface area contributed by atoms with Crippen LogP contribution in [0.2, 0.25) is 0 Å². The average Bonchev–Trinajstić information content (AvgIpc) is 2.37. The normalized spacial score (nSPS) is 10.0. The number of thioether (sulfide) groups is 1. The van der Waals surface area contributed by atoms with Crippen LogP contribution >= 0.6 is 11.8 Å². The third kappa shape index (κ3) is 4.44. The molecule has 0 heterocycles. The molecule has 1 N–H and O–H groups in total. The highest BCUT2D eigenvalue weighted by Gasteiger charge is 2.20. The van der Waals surface area contributed by atoms with E-state index in [1.54, 1.807) is 25.1 Å². The molecule has 0 amide bonds. The predicted molar refractivity (Wildman–Crippen MR) is 74.6 cm³/mol. The van der Waals surface area contributed by atoms with Crippen molar-refractivity contribution in [3.8, 4) is 0 Å². The summed E-state index contributed by atoms with van der Waals surface area (Å²) >= 11 is 1.11. The predicted octanol–water partition coefficient (Wildman–Crippen LogP) is 2.68. The lowest BCUT2D eigenvalue weighted by atomic mass is 10.2. The highest BCUT2D eigenvalue weighted by atomic mass is 32.2. The molecule has 19 heavy (non-hydrogen) atoms. The molecule has 1 rings (SSSR count). The van der Waals surface area contributed by atoms with Crippen molar-refractivity contribution in [2.45, 2.75) is 18.7 Å². The van der Waals surface area contributed by atoms with Crippen molar-refractivity contribution in [3.05, 3.63) is 28.3 Å². The second-order valence-electron chi connectivity index (χ2n) is 3.53. The van der Waals surface area contributed by atoms with Gasteiger partial charge in [0.2, 0.25) is 0 Å². The molecule has 0 atom stereocenters. The summed E-state index contributed by atoms with van der Waals surface area (Å²) in [6.45, 7) is 4.48. The summed E-state index contributed by atoms with van der Waals surface area (Å²) in [5.74, 6) is -0.319. The summed E-state index contributed by atoms with van der Waals surface area (Å²) in [7, 11) is 0. The average molecular weight is 284 g/mol. The number of para-hydroxylation sites is 1. The van der Waals surface area contributed by atoms with Crippen molar-refractivity contribution < 1.29 is 14.5 Å². The molecule has 0 fully saturated rings. The monoisotopic (exact) mass is 284 g/mol. The van der Waals surface area contributed by atoms with Crippen molar-refractivity contribution in [1.82, 2.24) is 0 Å². The molecular formula is C12H16N2O4S. The Bertz CT molecular complexity index is 465. The van der Waals surface area contributed by atoms with Gasteiger partial charge in [-0.2, -0.15) is 0 Å². The summed E-state index contributed by atoms with van der Waals surface area (Å²) in [6.07, 6.45) is 0. The smallest absolute Gasteiger partial charge is 0.316 e. The molecule has 6 nitrogen and oxygen atoms in total. The first-order valence-corrected chi connectivity index (χ1v) is 6.88. The summed E-state index contributed by atoms with van der Waals surface area (Å²) in [5, 5.41) is 14.1. The molecule has 0 saturated carbocycles. The molecule has 0 radical (unpaired) electrons. The first kappa shape index (κ1) is 15.3. The molecule has 0 aliphatic rings. The van der Waals surface area contributed by atoms with E-state index in [4.69, 9.17) is 4.74 Å². The second kappa shape index (κ2) is 7.63. The third-order valence-electron chi connectivity index (χ3n) is 2.20. The number of ether oxygens (including phenoxy) is 1. The van der Waals surface area contributed by atoms with E-state index in [0.29, 0.717) is 23.7 Å². The zero-order valence-electron chi connectivity index (χ0n) is 10.8. The Hall–Kier alpha value is -1.76. The molecule has 0 aliphatic heterocycles. The molecule has 0 aromatic heterocycles. The van der Waals surface area contributed by atoms with E-state index in [0.717, 1.165) is 11.8 Å². The highest BCUT2D eigenvalue weighted by molar-refractivity contribution is 8.00. The van der Waals surface area contributed by atoms with Crippen LogP contribution in [0.1, 0.15) is 13.8 Å². The largest absolute Gasteiger partial charge is 0.465 e. The number of carbonyl (C=O) groups excluding carboxylic acids is 1. The maximum absolute atomic E-state index is 11.3. The summed E-state index contributed by atoms with van der Waals surface area (Å²) in [4.78, 5) is 22.4. The molecular weight excluding hydrogens is 268 g/mol. The fourth-order valence-corrected chi connectivity index (χ4v) is 2.35. The van der Waals surface area contributed by atoms with Gasteiger partial charge in [-0.15, -0.1) is 11.8 Å². The van der Waals surface area contributed by atoms with Crippen LogP contribution in [0.3, 0.4) is 0 Å². The van der Waals surface area contributed by atoms with Gasteiger partial charge < -0.3 is 10.1 Å². The van der Waals surface area contributed by atoms with Crippen LogP contribution in [0, 0.1) is 10.1 Å². The van der Waals surface area contributed by atoms with Gasteiger partial charge in [-0.3, -0.25) is 14.9 Å². The molecule has 7 heteroatoms. The lowest BCUT2D eigenvalue weighted by molar-refractivity contribution is -0.386. The van der Waals surface area contributed by atoms with Crippen molar-refractivity contribution in [3.63, 3.8) is 0 Å². The van der Waals surface area contributed by atoms with E-state index in [-0.39, 0.29) is 17.4 Å². The van der Waals surface area contributed by atoms with Crippen LogP contribution < -0.4 is 5.32 Å². The molecule has 0 aliphatic carbocycles. The Labute approximate surface area is 115 Å². The van der Waals surface area contributed by atoms with Crippen molar-refractivity contribution >= 4 is 29.1 Å². The van der Waals surface area contributed by atoms with Gasteiger partial charge in [0.25, 0.3) is 0 Å². The minimum Gasteiger partial charge on any atom is -0.465 e. The molecule has 1 aromatic carbocycles. The van der Waals surface area contributed by atoms with Gasteiger partial charge in [0.15, 0.2) is 0 Å². The highest BCUT2D eigenvalue weighted by Crippen LogP contribution is 2.35. The Kier molecular flexibility index (Phi) is 6.14. The van der Waals surface area contributed by atoms with Crippen LogP contribution in [0.25, 0.3) is 0 Å². The number of carbonyl (C=O) groups is 1. The van der Waals surface area contributed by atoms with Crippen LogP contribution in [0.15, 0.2) is 23.1 Å². The Morgan fingerprint density at radius 3 is 2.79 bits per heavy atom. The third-order valence-corrected chi connectivity index (χ3v) is 3.22. The zero-order chi connectivity index (χ0) is 14.3. The number of nitrogens with one attached hydrogen (secondary N) is 1. The van der Waals surface area contributed by atoms with Crippen molar-refractivity contribution in [2.24, 2.45) is 0 Å². The van der Waals surface area contributed by atoms with Crippen LogP contribution in [0.5, 0.6) is 0 Å². The van der Waals surface area contributed by atoms with E-state index in [2.05, 4.69) is 5.32 Å². The lowest BCUT2D eigenvalue weighted by Crippen LogP contribution is -2.07. The first-order valence-electron chi connectivity index (χ1n) is 5.89. The zero-order valence-corrected chi connectivity index (χ0v) is 11.7. The standard InChI is InChI=1S/C12H16N2O4S/c1-3-13-9-6-5-7-10(12(9)14(16)17)19-8-11(15)18-4-2/h5-7,13H,3-4,8H2,1-2H3. The Morgan fingerprint density at radius 2 is 2.21 bits per heavy atom. The van der Waals surface area contributed by atoms with Gasteiger partial charge in [0.1, 0.15) is 5.69 Å². The van der Waals surface area contributed by atoms with Gasteiger partial charge in [-0.1, -0.05) is 6.07 Å². The van der Waals surface area contributed by atoms with E-state index in [1.165, 1.54) is 0 Å². The number of anilines is 1. The SMILES string of the molecule is CCNc1cccc(SCC(=O)OCC)c1[N+](=O)[O-]. The topological polar surface area (TPSA) is 81.5 Å². The number of nitro benzene ring substituents is 1. The van der Waals surface area contributed by atoms with E-state index < -0.39 is 4.92 Å². The molecule has 104 valence electrons. The first-order chi connectivity index (χ1) is 9.10. The minimum atomic E-state index is -0.439. The van der Waals surface area contributed by atoms with Gasteiger partial charge in [-0.05, 0) is 26.0 Å². The number of hydrogen-bond acceptors (Lipinski definition) is 6. The fraction of sp³-hybridized carbons (Fsp3) is 0.417. The van der Waals surface area contributed by atoms with Crippen molar-refractivity contribution in [1.29, 1.82) is 0 Å². The molecule has 1 aromatic rings. The van der Waals surface area contributed by atoms with Crippen LogP contribution in [0.4, 0.5) is 11.4 Å². The van der Waals surface area contributed by atoms with E-state index in [1.807, 2.05) is 6.92 Å². The molecule has 0 unspecified atom stereocenters. The number of esters is 1. The lowest BCUT2D eigenvalue weighted by Gasteiger charge is -2.08. The van der Waals surface area contributed by atoms with Gasteiger partial charge in [0, 0.05) is 6.54 Å². The number of rotatable bonds is 7. The van der Waals surface area contributed by atoms with Crippen molar-refractivity contribution in [2.75, 3.05) is 24.2 Å². The number of nitro groups is 1. The minimum absolute atomic E-state index is 0.00125. The summed E-state index contributed by atoms with van der Waals surface area (Å²) in [6, 6.07) is 5.00. The molecule has 0 saturated heterocycles. The second-order valence-corrected chi connectivity index (χ2v) is 4.55. The van der Waals surface area contributed by atoms with Gasteiger partial charge in [-0.25, -0.2) is 0 Å². The number of benzene rings is 1. The maximum Gasteiger partial charge on any atom is 0.316 e. The summed E-state index contributed by atoms with van der Waals surface area (Å²) in [5.41, 5.74) is 0.458. The Morgan fingerprint density at radius 1 is 1.47 bits per heavy atom. The number of nitrogens with zero attached hydrogens (tertiary/aromatic N) is 1. The Balaban J connectivity index is 2.90. The van der Waals surface area contributed by atoms with Gasteiger partial charge in [0.05, 0.1) is 22.2 Å². The summed E-state index contributed by atoms with van der Waals surface area (Å²) < 4.78 is 4.80. The quantitative estimate of drug-likeness (QED) is 0.359. The maximum atomic E-state index is 11.3. The van der Waals surface area contributed by atoms with Crippen LogP contribution in [-0.2, 0) is 9.53 Å². The van der Waals surface area contributed by atoms with Gasteiger partial charge >= 0.3 is 11.7 Å². The molecule has 0 bridgehead atoms. The van der Waals surface area contributed by atoms with E-state index in [9.17, 15) is 14.9 Å². The molecule has 0 spiro atoms. The van der Waals surface area contributed by atoms with E-state index >= 15 is 0 Å². The fourth-order valence-electron chi connectivity index (χ4n) is 1.50. The number of hydrogen-bond donors (Lipinski definition) is 1. The van der Waals surface area contributed by atoms with Crippen LogP contribution in [-0.4, -0.2) is 29.8 Å².